The van der Waals surface area contributed by atoms with Crippen LogP contribution in [0.15, 0.2) is 24.3 Å². The van der Waals surface area contributed by atoms with Gasteiger partial charge in [-0.1, -0.05) is 24.3 Å². The maximum absolute atomic E-state index is 12.0. The van der Waals surface area contributed by atoms with Crippen molar-refractivity contribution in [1.82, 2.24) is 0 Å². The third kappa shape index (κ3) is 5.95. The number of esters is 2. The summed E-state index contributed by atoms with van der Waals surface area (Å²) in [5.41, 5.74) is 1.05. The van der Waals surface area contributed by atoms with Crippen molar-refractivity contribution < 1.29 is 27.5 Å². The molecule has 1 rings (SSSR count). The Balaban J connectivity index is 2.87. The Kier molecular flexibility index (Phi) is 6.36. The first kappa shape index (κ1) is 17.2. The summed E-state index contributed by atoms with van der Waals surface area (Å²) in [7, 11) is -2.38. The molecule has 21 heavy (non-hydrogen) atoms. The minimum Gasteiger partial charge on any atom is -0.469 e. The van der Waals surface area contributed by atoms with E-state index in [0.29, 0.717) is 11.1 Å². The van der Waals surface area contributed by atoms with Gasteiger partial charge >= 0.3 is 11.9 Å². The lowest BCUT2D eigenvalue weighted by Crippen LogP contribution is -2.20. The number of benzene rings is 1. The summed E-state index contributed by atoms with van der Waals surface area (Å²) in [6, 6.07) is 6.66. The largest absolute Gasteiger partial charge is 0.469 e. The van der Waals surface area contributed by atoms with Crippen molar-refractivity contribution >= 4 is 21.8 Å². The molecule has 0 aliphatic heterocycles. The van der Waals surface area contributed by atoms with Gasteiger partial charge in [0.1, 0.15) is 5.75 Å². The van der Waals surface area contributed by atoms with Crippen LogP contribution in [0.5, 0.6) is 0 Å². The highest BCUT2D eigenvalue weighted by molar-refractivity contribution is 7.91. The van der Waals surface area contributed by atoms with Crippen LogP contribution in [0.3, 0.4) is 0 Å². The summed E-state index contributed by atoms with van der Waals surface area (Å²) < 4.78 is 33.2. The van der Waals surface area contributed by atoms with Crippen LogP contribution >= 0.6 is 0 Å². The molecule has 0 radical (unpaired) electrons. The standard InChI is InChI=1S/C14H18O6S/c1-3-20-14(16)10-21(17,18)9-12-7-5-4-6-11(12)8-13(15)19-2/h4-7H,3,8-10H2,1-2H3. The van der Waals surface area contributed by atoms with Gasteiger partial charge < -0.3 is 9.47 Å². The first-order valence-corrected chi connectivity index (χ1v) is 8.19. The van der Waals surface area contributed by atoms with Gasteiger partial charge in [0.05, 0.1) is 25.9 Å². The molecular weight excluding hydrogens is 296 g/mol. The maximum atomic E-state index is 12.0. The molecule has 0 aromatic heterocycles. The van der Waals surface area contributed by atoms with E-state index in [1.807, 2.05) is 0 Å². The SMILES string of the molecule is CCOC(=O)CS(=O)(=O)Cc1ccccc1CC(=O)OC. The van der Waals surface area contributed by atoms with E-state index < -0.39 is 27.5 Å². The maximum Gasteiger partial charge on any atom is 0.321 e. The Morgan fingerprint density at radius 2 is 1.71 bits per heavy atom. The summed E-state index contributed by atoms with van der Waals surface area (Å²) in [5.74, 6) is -2.22. The van der Waals surface area contributed by atoms with Crippen LogP contribution in [0.25, 0.3) is 0 Å². The van der Waals surface area contributed by atoms with Crippen molar-refractivity contribution in [3.05, 3.63) is 35.4 Å². The number of ether oxygens (including phenoxy) is 2. The van der Waals surface area contributed by atoms with Crippen LogP contribution in [0.4, 0.5) is 0 Å². The number of sulfone groups is 1. The van der Waals surface area contributed by atoms with E-state index in [0.717, 1.165) is 0 Å². The molecule has 0 saturated heterocycles. The molecule has 0 saturated carbocycles. The normalized spacial score (nSPS) is 11.0. The third-order valence-corrected chi connectivity index (χ3v) is 4.13. The van der Waals surface area contributed by atoms with Gasteiger partial charge in [-0.3, -0.25) is 9.59 Å². The molecule has 0 heterocycles. The molecule has 116 valence electrons. The van der Waals surface area contributed by atoms with Crippen molar-refractivity contribution in [2.45, 2.75) is 19.1 Å². The van der Waals surface area contributed by atoms with E-state index in [4.69, 9.17) is 0 Å². The fourth-order valence-electron chi connectivity index (χ4n) is 1.77. The average molecular weight is 314 g/mol. The number of hydrogen-bond acceptors (Lipinski definition) is 6. The van der Waals surface area contributed by atoms with E-state index in [1.54, 1.807) is 31.2 Å². The zero-order valence-electron chi connectivity index (χ0n) is 12.0. The van der Waals surface area contributed by atoms with Gasteiger partial charge in [0.25, 0.3) is 0 Å². The Bertz CT molecular complexity index is 606. The Morgan fingerprint density at radius 1 is 1.10 bits per heavy atom. The Morgan fingerprint density at radius 3 is 2.29 bits per heavy atom. The van der Waals surface area contributed by atoms with Crippen LogP contribution in [0, 0.1) is 0 Å². The van der Waals surface area contributed by atoms with E-state index >= 15 is 0 Å². The zero-order chi connectivity index (χ0) is 15.9. The fourth-order valence-corrected chi connectivity index (χ4v) is 3.07. The van der Waals surface area contributed by atoms with Crippen LogP contribution in [-0.4, -0.2) is 39.8 Å². The van der Waals surface area contributed by atoms with Crippen molar-refractivity contribution in [1.29, 1.82) is 0 Å². The van der Waals surface area contributed by atoms with Crippen molar-refractivity contribution in [3.8, 4) is 0 Å². The quantitative estimate of drug-likeness (QED) is 0.694. The summed E-state index contributed by atoms with van der Waals surface area (Å²) in [4.78, 5) is 22.6. The summed E-state index contributed by atoms with van der Waals surface area (Å²) in [6.45, 7) is 1.74. The molecule has 0 unspecified atom stereocenters. The van der Waals surface area contributed by atoms with Crippen LogP contribution < -0.4 is 0 Å². The molecule has 1 aromatic rings. The molecular formula is C14H18O6S. The highest BCUT2D eigenvalue weighted by Gasteiger charge is 2.20. The lowest BCUT2D eigenvalue weighted by molar-refractivity contribution is -0.140. The number of hydrogen-bond donors (Lipinski definition) is 0. The van der Waals surface area contributed by atoms with Crippen molar-refractivity contribution in [3.63, 3.8) is 0 Å². The van der Waals surface area contributed by atoms with Crippen molar-refractivity contribution in [2.24, 2.45) is 0 Å². The minimum atomic E-state index is -3.65. The Labute approximate surface area is 124 Å². The topological polar surface area (TPSA) is 86.7 Å². The predicted octanol–water partition coefficient (Wildman–Crippen LogP) is 0.880. The van der Waals surface area contributed by atoms with E-state index in [1.165, 1.54) is 7.11 Å². The Hall–Kier alpha value is -1.89. The van der Waals surface area contributed by atoms with Crippen LogP contribution in [0.2, 0.25) is 0 Å². The number of methoxy groups -OCH3 is 1. The lowest BCUT2D eigenvalue weighted by Gasteiger charge is -2.09. The van der Waals surface area contributed by atoms with Gasteiger partial charge in [-0.25, -0.2) is 8.42 Å². The molecule has 0 spiro atoms. The second kappa shape index (κ2) is 7.78. The monoisotopic (exact) mass is 314 g/mol. The molecule has 0 aliphatic rings. The van der Waals surface area contributed by atoms with Crippen molar-refractivity contribution in [2.75, 3.05) is 19.5 Å². The average Bonchev–Trinajstić information content (AvgIpc) is 2.40. The van der Waals surface area contributed by atoms with E-state index in [9.17, 15) is 18.0 Å². The molecule has 7 heteroatoms. The predicted molar refractivity (Wildman–Crippen MR) is 76.3 cm³/mol. The molecule has 0 N–H and O–H groups in total. The molecule has 1 aromatic carbocycles. The summed E-state index contributed by atoms with van der Waals surface area (Å²) in [5, 5.41) is 0. The number of carbonyl (C=O) groups is 2. The third-order valence-electron chi connectivity index (χ3n) is 2.70. The van der Waals surface area contributed by atoms with E-state index in [-0.39, 0.29) is 18.8 Å². The van der Waals surface area contributed by atoms with Gasteiger partial charge in [-0.15, -0.1) is 0 Å². The van der Waals surface area contributed by atoms with Gasteiger partial charge in [0.2, 0.25) is 0 Å². The first-order valence-electron chi connectivity index (χ1n) is 6.37. The first-order chi connectivity index (χ1) is 9.88. The van der Waals surface area contributed by atoms with Gasteiger partial charge in [0, 0.05) is 0 Å². The summed E-state index contributed by atoms with van der Waals surface area (Å²) in [6.07, 6.45) is -0.0123. The number of carbonyl (C=O) groups excluding carboxylic acids is 2. The van der Waals surface area contributed by atoms with Crippen LogP contribution in [-0.2, 0) is 41.1 Å². The van der Waals surface area contributed by atoms with Gasteiger partial charge in [-0.2, -0.15) is 0 Å². The molecule has 6 nitrogen and oxygen atoms in total. The summed E-state index contributed by atoms with van der Waals surface area (Å²) >= 11 is 0. The molecule has 0 atom stereocenters. The fraction of sp³-hybridized carbons (Fsp3) is 0.429. The molecule has 0 aliphatic carbocycles. The highest BCUT2D eigenvalue weighted by Crippen LogP contribution is 2.14. The number of rotatable bonds is 7. The minimum absolute atomic E-state index is 0.0123. The second-order valence-electron chi connectivity index (χ2n) is 4.36. The van der Waals surface area contributed by atoms with Crippen LogP contribution in [0.1, 0.15) is 18.1 Å². The lowest BCUT2D eigenvalue weighted by atomic mass is 10.1. The van der Waals surface area contributed by atoms with Gasteiger partial charge in [0.15, 0.2) is 9.84 Å². The molecule has 0 fully saturated rings. The highest BCUT2D eigenvalue weighted by atomic mass is 32.2. The van der Waals surface area contributed by atoms with Gasteiger partial charge in [-0.05, 0) is 18.1 Å². The zero-order valence-corrected chi connectivity index (χ0v) is 12.8. The second-order valence-corrected chi connectivity index (χ2v) is 6.42. The van der Waals surface area contributed by atoms with E-state index in [2.05, 4.69) is 9.47 Å². The molecule has 0 bridgehead atoms. The molecule has 0 amide bonds. The smallest absolute Gasteiger partial charge is 0.321 e.